The van der Waals surface area contributed by atoms with Crippen LogP contribution in [0.2, 0.25) is 0 Å². The summed E-state index contributed by atoms with van der Waals surface area (Å²) in [6.45, 7) is 8.70. The van der Waals surface area contributed by atoms with Gasteiger partial charge in [-0.25, -0.2) is 0 Å². The molecule has 16 heavy (non-hydrogen) atoms. The van der Waals surface area contributed by atoms with E-state index in [0.717, 1.165) is 0 Å². The number of rotatable bonds is 7. The van der Waals surface area contributed by atoms with E-state index in [0.29, 0.717) is 0 Å². The fraction of sp³-hybridized carbons (Fsp3) is 1.00. The molecule has 1 fully saturated rings. The lowest BCUT2D eigenvalue weighted by Gasteiger charge is -2.32. The molecular weight excluding hydrogens is 220 g/mol. The minimum atomic E-state index is 0. The molecule has 0 spiro atoms. The Morgan fingerprint density at radius 3 is 2.00 bits per heavy atom. The van der Waals surface area contributed by atoms with Gasteiger partial charge in [-0.15, -0.1) is 12.4 Å². The van der Waals surface area contributed by atoms with Crippen LogP contribution in [0.4, 0.5) is 0 Å². The molecule has 0 aromatic rings. The Morgan fingerprint density at radius 1 is 0.812 bits per heavy atom. The van der Waals surface area contributed by atoms with Gasteiger partial charge in [0, 0.05) is 26.2 Å². The Kier molecular flexibility index (Phi) is 10.5. The van der Waals surface area contributed by atoms with Crippen molar-refractivity contribution in [2.45, 2.75) is 45.4 Å². The molecule has 1 rings (SSSR count). The summed E-state index contributed by atoms with van der Waals surface area (Å²) in [7, 11) is 2.22. The van der Waals surface area contributed by atoms with E-state index in [-0.39, 0.29) is 12.4 Å². The molecule has 1 saturated heterocycles. The van der Waals surface area contributed by atoms with Gasteiger partial charge in [0.1, 0.15) is 0 Å². The molecule has 0 saturated carbocycles. The standard InChI is InChI=1S/C13H28N2.ClH/c1-3-4-5-6-7-8-9-15-12-10-14(2)11-13-15;/h3-13H2,1-2H3;1H. The minimum Gasteiger partial charge on any atom is -0.304 e. The number of likely N-dealkylation sites (N-methyl/N-ethyl adjacent to an activating group) is 1. The summed E-state index contributed by atoms with van der Waals surface area (Å²) in [5, 5.41) is 0. The second-order valence-corrected chi connectivity index (χ2v) is 4.91. The normalized spacial score (nSPS) is 18.4. The fourth-order valence-corrected chi connectivity index (χ4v) is 2.19. The number of hydrogen-bond donors (Lipinski definition) is 0. The van der Waals surface area contributed by atoms with Crippen LogP contribution in [0, 0.1) is 0 Å². The van der Waals surface area contributed by atoms with Crippen molar-refractivity contribution in [1.82, 2.24) is 9.80 Å². The summed E-state index contributed by atoms with van der Waals surface area (Å²) in [6, 6.07) is 0. The first-order valence-corrected chi connectivity index (χ1v) is 6.74. The zero-order valence-corrected chi connectivity index (χ0v) is 11.9. The highest BCUT2D eigenvalue weighted by Gasteiger charge is 2.12. The monoisotopic (exact) mass is 248 g/mol. The summed E-state index contributed by atoms with van der Waals surface area (Å²) < 4.78 is 0. The second kappa shape index (κ2) is 10.4. The van der Waals surface area contributed by atoms with E-state index in [9.17, 15) is 0 Å². The molecule has 0 amide bonds. The van der Waals surface area contributed by atoms with E-state index in [4.69, 9.17) is 0 Å². The van der Waals surface area contributed by atoms with Gasteiger partial charge in [0.15, 0.2) is 0 Å². The third-order valence-corrected chi connectivity index (χ3v) is 3.42. The van der Waals surface area contributed by atoms with Gasteiger partial charge in [0.05, 0.1) is 0 Å². The van der Waals surface area contributed by atoms with Crippen molar-refractivity contribution in [2.24, 2.45) is 0 Å². The minimum absolute atomic E-state index is 0. The summed E-state index contributed by atoms with van der Waals surface area (Å²) in [5.41, 5.74) is 0. The Balaban J connectivity index is 0.00000225. The summed E-state index contributed by atoms with van der Waals surface area (Å²) in [4.78, 5) is 5.05. The van der Waals surface area contributed by atoms with Gasteiger partial charge < -0.3 is 9.80 Å². The van der Waals surface area contributed by atoms with Gasteiger partial charge >= 0.3 is 0 Å². The SMILES string of the molecule is CCCCCCCCN1CCN(C)CC1.Cl. The van der Waals surface area contributed by atoms with Gasteiger partial charge in [0.25, 0.3) is 0 Å². The average Bonchev–Trinajstić information content (AvgIpc) is 2.26. The lowest BCUT2D eigenvalue weighted by Crippen LogP contribution is -2.44. The quantitative estimate of drug-likeness (QED) is 0.639. The second-order valence-electron chi connectivity index (χ2n) is 4.91. The number of nitrogens with zero attached hydrogens (tertiary/aromatic N) is 2. The van der Waals surface area contributed by atoms with E-state index < -0.39 is 0 Å². The Labute approximate surface area is 108 Å². The molecule has 0 unspecified atom stereocenters. The van der Waals surface area contributed by atoms with Crippen molar-refractivity contribution in [3.05, 3.63) is 0 Å². The molecule has 0 aliphatic carbocycles. The molecule has 0 aromatic carbocycles. The lowest BCUT2D eigenvalue weighted by atomic mass is 10.1. The van der Waals surface area contributed by atoms with Crippen LogP contribution in [-0.2, 0) is 0 Å². The predicted octanol–water partition coefficient (Wildman–Crippen LogP) is 3.02. The summed E-state index contributed by atoms with van der Waals surface area (Å²) in [6.07, 6.45) is 8.52. The molecule has 1 aliphatic heterocycles. The molecule has 1 aliphatic rings. The molecule has 0 radical (unpaired) electrons. The molecule has 0 atom stereocenters. The molecule has 1 heterocycles. The molecule has 0 bridgehead atoms. The number of hydrogen-bond acceptors (Lipinski definition) is 2. The Bertz CT molecular complexity index is 145. The molecule has 0 N–H and O–H groups in total. The maximum absolute atomic E-state index is 2.62. The van der Waals surface area contributed by atoms with Crippen LogP contribution in [0.15, 0.2) is 0 Å². The highest BCUT2D eigenvalue weighted by atomic mass is 35.5. The van der Waals surface area contributed by atoms with Crippen LogP contribution in [-0.4, -0.2) is 49.6 Å². The highest BCUT2D eigenvalue weighted by Crippen LogP contribution is 2.07. The van der Waals surface area contributed by atoms with E-state index >= 15 is 0 Å². The topological polar surface area (TPSA) is 6.48 Å². The van der Waals surface area contributed by atoms with Crippen molar-refractivity contribution in [3.8, 4) is 0 Å². The predicted molar refractivity (Wildman–Crippen MR) is 74.6 cm³/mol. The van der Waals surface area contributed by atoms with Gasteiger partial charge in [-0.3, -0.25) is 0 Å². The molecule has 98 valence electrons. The van der Waals surface area contributed by atoms with Crippen molar-refractivity contribution in [2.75, 3.05) is 39.8 Å². The first kappa shape index (κ1) is 16.2. The number of unbranched alkanes of at least 4 members (excludes halogenated alkanes) is 5. The van der Waals surface area contributed by atoms with Gasteiger partial charge in [0.2, 0.25) is 0 Å². The fourth-order valence-electron chi connectivity index (χ4n) is 2.19. The van der Waals surface area contributed by atoms with Crippen molar-refractivity contribution < 1.29 is 0 Å². The molecule has 3 heteroatoms. The third kappa shape index (κ3) is 7.48. The largest absolute Gasteiger partial charge is 0.304 e. The summed E-state index contributed by atoms with van der Waals surface area (Å²) >= 11 is 0. The zero-order chi connectivity index (χ0) is 10.9. The van der Waals surface area contributed by atoms with Crippen LogP contribution in [0.5, 0.6) is 0 Å². The molecule has 2 nitrogen and oxygen atoms in total. The van der Waals surface area contributed by atoms with Crippen molar-refractivity contribution >= 4 is 12.4 Å². The van der Waals surface area contributed by atoms with E-state index in [1.807, 2.05) is 0 Å². The summed E-state index contributed by atoms with van der Waals surface area (Å²) in [5.74, 6) is 0. The Morgan fingerprint density at radius 2 is 1.38 bits per heavy atom. The molecule has 0 aromatic heterocycles. The molecular formula is C13H29ClN2. The van der Waals surface area contributed by atoms with Gasteiger partial charge in [-0.1, -0.05) is 39.0 Å². The average molecular weight is 249 g/mol. The zero-order valence-electron chi connectivity index (χ0n) is 11.1. The van der Waals surface area contributed by atoms with Crippen LogP contribution in [0.25, 0.3) is 0 Å². The first-order chi connectivity index (χ1) is 7.33. The van der Waals surface area contributed by atoms with Crippen molar-refractivity contribution in [3.63, 3.8) is 0 Å². The maximum atomic E-state index is 2.62. The lowest BCUT2D eigenvalue weighted by molar-refractivity contribution is 0.152. The van der Waals surface area contributed by atoms with E-state index in [1.165, 1.54) is 71.2 Å². The van der Waals surface area contributed by atoms with Gasteiger partial charge in [-0.2, -0.15) is 0 Å². The highest BCUT2D eigenvalue weighted by molar-refractivity contribution is 5.85. The van der Waals surface area contributed by atoms with Gasteiger partial charge in [-0.05, 0) is 20.0 Å². The van der Waals surface area contributed by atoms with Crippen LogP contribution < -0.4 is 0 Å². The Hall–Kier alpha value is 0.210. The number of piperazine rings is 1. The van der Waals surface area contributed by atoms with Crippen LogP contribution >= 0.6 is 12.4 Å². The first-order valence-electron chi connectivity index (χ1n) is 6.74. The van der Waals surface area contributed by atoms with E-state index in [1.54, 1.807) is 0 Å². The third-order valence-electron chi connectivity index (χ3n) is 3.42. The van der Waals surface area contributed by atoms with Crippen LogP contribution in [0.1, 0.15) is 45.4 Å². The van der Waals surface area contributed by atoms with Crippen LogP contribution in [0.3, 0.4) is 0 Å². The van der Waals surface area contributed by atoms with Crippen molar-refractivity contribution in [1.29, 1.82) is 0 Å². The number of halogens is 1. The smallest absolute Gasteiger partial charge is 0.0110 e. The van der Waals surface area contributed by atoms with E-state index in [2.05, 4.69) is 23.8 Å². The maximum Gasteiger partial charge on any atom is 0.0110 e.